The first-order valence-electron chi connectivity index (χ1n) is 6.84. The van der Waals surface area contributed by atoms with Gasteiger partial charge in [0.25, 0.3) is 0 Å². The molecule has 15 heavy (non-hydrogen) atoms. The maximum Gasteiger partial charge on any atom is 0.00193 e. The largest absolute Gasteiger partial charge is 0.176 e. The Balaban J connectivity index is 2.60. The van der Waals surface area contributed by atoms with Crippen LogP contribution >= 0.6 is 12.6 Å². The summed E-state index contributed by atoms with van der Waals surface area (Å²) in [6.45, 7) is 7.09. The molecule has 0 N–H and O–H groups in total. The second kappa shape index (κ2) is 6.83. The van der Waals surface area contributed by atoms with E-state index in [0.29, 0.717) is 5.25 Å². The van der Waals surface area contributed by atoms with E-state index in [-0.39, 0.29) is 0 Å². The predicted octanol–water partition coefficient (Wildman–Crippen LogP) is 4.94. The summed E-state index contributed by atoms with van der Waals surface area (Å²) in [4.78, 5) is 0. The van der Waals surface area contributed by atoms with Gasteiger partial charge in [0.15, 0.2) is 0 Å². The van der Waals surface area contributed by atoms with E-state index in [1.54, 1.807) is 0 Å². The molecule has 0 nitrogen and oxygen atoms in total. The molecular weight excluding hydrogens is 200 g/mol. The van der Waals surface area contributed by atoms with Crippen molar-refractivity contribution in [3.05, 3.63) is 0 Å². The Hall–Kier alpha value is 0.350. The van der Waals surface area contributed by atoms with Gasteiger partial charge in [0, 0.05) is 5.25 Å². The van der Waals surface area contributed by atoms with Crippen molar-refractivity contribution in [2.24, 2.45) is 17.8 Å². The quantitative estimate of drug-likeness (QED) is 0.650. The van der Waals surface area contributed by atoms with Crippen LogP contribution in [0.2, 0.25) is 0 Å². The second-order valence-corrected chi connectivity index (χ2v) is 6.26. The Morgan fingerprint density at radius 1 is 1.20 bits per heavy atom. The van der Waals surface area contributed by atoms with Gasteiger partial charge in [-0.3, -0.25) is 0 Å². The molecule has 1 aliphatic rings. The first-order chi connectivity index (χ1) is 7.16. The molecule has 0 saturated heterocycles. The van der Waals surface area contributed by atoms with Gasteiger partial charge >= 0.3 is 0 Å². The van der Waals surface area contributed by atoms with E-state index in [4.69, 9.17) is 12.6 Å². The van der Waals surface area contributed by atoms with Crippen molar-refractivity contribution in [3.63, 3.8) is 0 Å². The van der Waals surface area contributed by atoms with E-state index in [9.17, 15) is 0 Å². The smallest absolute Gasteiger partial charge is 0.00193 e. The summed E-state index contributed by atoms with van der Waals surface area (Å²) in [7, 11) is 0. The lowest BCUT2D eigenvalue weighted by molar-refractivity contribution is 0.187. The van der Waals surface area contributed by atoms with Crippen LogP contribution in [0.4, 0.5) is 0 Å². The molecule has 4 atom stereocenters. The van der Waals surface area contributed by atoms with Gasteiger partial charge in [-0.1, -0.05) is 59.3 Å². The van der Waals surface area contributed by atoms with E-state index in [1.807, 2.05) is 0 Å². The van der Waals surface area contributed by atoms with Crippen molar-refractivity contribution < 1.29 is 0 Å². The third-order valence-corrected chi connectivity index (χ3v) is 4.69. The molecule has 1 aliphatic carbocycles. The zero-order valence-corrected chi connectivity index (χ0v) is 11.6. The van der Waals surface area contributed by atoms with E-state index in [1.165, 1.54) is 44.9 Å². The minimum Gasteiger partial charge on any atom is -0.176 e. The van der Waals surface area contributed by atoms with Crippen LogP contribution in [0.15, 0.2) is 0 Å². The van der Waals surface area contributed by atoms with Crippen molar-refractivity contribution in [3.8, 4) is 0 Å². The van der Waals surface area contributed by atoms with Crippen molar-refractivity contribution in [2.75, 3.05) is 0 Å². The molecule has 4 unspecified atom stereocenters. The fourth-order valence-corrected chi connectivity index (χ4v) is 3.72. The Bertz CT molecular complexity index is 165. The van der Waals surface area contributed by atoms with Crippen LogP contribution in [0.25, 0.3) is 0 Å². The van der Waals surface area contributed by atoms with E-state index < -0.39 is 0 Å². The van der Waals surface area contributed by atoms with Crippen LogP contribution in [0.1, 0.15) is 65.7 Å². The normalized spacial score (nSPS) is 35.6. The molecule has 1 fully saturated rings. The molecule has 0 aromatic rings. The van der Waals surface area contributed by atoms with Crippen molar-refractivity contribution in [1.29, 1.82) is 0 Å². The molecule has 1 saturated carbocycles. The number of thiol groups is 1. The molecule has 1 heteroatoms. The van der Waals surface area contributed by atoms with Gasteiger partial charge in [-0.15, -0.1) is 0 Å². The Morgan fingerprint density at radius 2 is 1.87 bits per heavy atom. The zero-order valence-electron chi connectivity index (χ0n) is 10.7. The van der Waals surface area contributed by atoms with E-state index in [2.05, 4.69) is 20.8 Å². The minimum atomic E-state index is 0.581. The highest BCUT2D eigenvalue weighted by Crippen LogP contribution is 2.37. The Kier molecular flexibility index (Phi) is 6.11. The average Bonchev–Trinajstić information content (AvgIpc) is 2.17. The minimum absolute atomic E-state index is 0.581. The van der Waals surface area contributed by atoms with Crippen molar-refractivity contribution in [1.82, 2.24) is 0 Å². The molecule has 90 valence electrons. The monoisotopic (exact) mass is 228 g/mol. The van der Waals surface area contributed by atoms with Crippen molar-refractivity contribution in [2.45, 2.75) is 71.0 Å². The molecule has 0 bridgehead atoms. The molecule has 0 aliphatic heterocycles. The highest BCUT2D eigenvalue weighted by atomic mass is 32.1. The maximum absolute atomic E-state index is 4.69. The van der Waals surface area contributed by atoms with E-state index in [0.717, 1.165) is 17.8 Å². The molecule has 1 rings (SSSR count). The summed E-state index contributed by atoms with van der Waals surface area (Å²) in [5, 5.41) is 0.581. The van der Waals surface area contributed by atoms with E-state index >= 15 is 0 Å². The Morgan fingerprint density at radius 3 is 2.47 bits per heavy atom. The first-order valence-corrected chi connectivity index (χ1v) is 7.36. The summed E-state index contributed by atoms with van der Waals surface area (Å²) in [5.41, 5.74) is 0. The highest BCUT2D eigenvalue weighted by Gasteiger charge is 2.28. The van der Waals surface area contributed by atoms with Crippen LogP contribution in [0, 0.1) is 17.8 Å². The standard InChI is InChI=1S/C14H28S/c1-4-8-13-9-6-5-7-10-14(11(13)2)12(3)15/h11-15H,4-10H2,1-3H3. The summed E-state index contributed by atoms with van der Waals surface area (Å²) in [6.07, 6.45) is 9.99. The molecule has 0 amide bonds. The third-order valence-electron chi connectivity index (χ3n) is 4.31. The molecule has 0 aromatic carbocycles. The van der Waals surface area contributed by atoms with Gasteiger partial charge in [0.05, 0.1) is 0 Å². The number of hydrogen-bond acceptors (Lipinski definition) is 1. The van der Waals surface area contributed by atoms with Crippen LogP contribution in [0.5, 0.6) is 0 Å². The molecule has 0 heterocycles. The summed E-state index contributed by atoms with van der Waals surface area (Å²) in [5.74, 6) is 2.71. The van der Waals surface area contributed by atoms with Gasteiger partial charge in [0.1, 0.15) is 0 Å². The number of hydrogen-bond donors (Lipinski definition) is 1. The number of rotatable bonds is 3. The van der Waals surface area contributed by atoms with Crippen LogP contribution in [-0.4, -0.2) is 5.25 Å². The second-order valence-electron chi connectivity index (χ2n) is 5.45. The summed E-state index contributed by atoms with van der Waals surface area (Å²) < 4.78 is 0. The van der Waals surface area contributed by atoms with Crippen LogP contribution in [-0.2, 0) is 0 Å². The van der Waals surface area contributed by atoms with Crippen LogP contribution in [0.3, 0.4) is 0 Å². The lowest BCUT2D eigenvalue weighted by Gasteiger charge is -2.35. The summed E-state index contributed by atoms with van der Waals surface area (Å²) in [6, 6.07) is 0. The van der Waals surface area contributed by atoms with Gasteiger partial charge in [-0.05, 0) is 24.2 Å². The average molecular weight is 228 g/mol. The molecular formula is C14H28S. The molecule has 0 spiro atoms. The van der Waals surface area contributed by atoms with Gasteiger partial charge in [-0.2, -0.15) is 12.6 Å². The zero-order chi connectivity index (χ0) is 11.3. The topological polar surface area (TPSA) is 0 Å². The fraction of sp³-hybridized carbons (Fsp3) is 1.00. The fourth-order valence-electron chi connectivity index (χ4n) is 3.30. The van der Waals surface area contributed by atoms with Gasteiger partial charge in [-0.25, -0.2) is 0 Å². The van der Waals surface area contributed by atoms with Gasteiger partial charge < -0.3 is 0 Å². The highest BCUT2D eigenvalue weighted by molar-refractivity contribution is 7.80. The lowest BCUT2D eigenvalue weighted by atomic mass is 9.73. The maximum atomic E-state index is 4.69. The predicted molar refractivity (Wildman–Crippen MR) is 72.6 cm³/mol. The summed E-state index contributed by atoms with van der Waals surface area (Å²) >= 11 is 4.69. The van der Waals surface area contributed by atoms with Crippen molar-refractivity contribution >= 4 is 12.6 Å². The van der Waals surface area contributed by atoms with Crippen LogP contribution < -0.4 is 0 Å². The van der Waals surface area contributed by atoms with Gasteiger partial charge in [0.2, 0.25) is 0 Å². The molecule has 0 aromatic heterocycles. The first kappa shape index (κ1) is 13.4. The third kappa shape index (κ3) is 4.01. The SMILES string of the molecule is CCCC1CCCCCC(C(C)S)C1C. The lowest BCUT2D eigenvalue weighted by Crippen LogP contribution is -2.28. The Labute approximate surface area is 102 Å². The molecule has 0 radical (unpaired) electrons.